The molecule has 0 radical (unpaired) electrons. The summed E-state index contributed by atoms with van der Waals surface area (Å²) in [4.78, 5) is 17.2. The van der Waals surface area contributed by atoms with Gasteiger partial charge in [0.15, 0.2) is 16.8 Å². The third-order valence-electron chi connectivity index (χ3n) is 4.45. The molecule has 0 bridgehead atoms. The van der Waals surface area contributed by atoms with Crippen LogP contribution in [0.2, 0.25) is 0 Å². The molecule has 1 amide bonds. The number of benzene rings is 1. The number of anilines is 1. The summed E-state index contributed by atoms with van der Waals surface area (Å²) < 4.78 is 28.9. The average Bonchev–Trinajstić information content (AvgIpc) is 3.26. The number of amides is 1. The molecule has 0 saturated carbocycles. The van der Waals surface area contributed by atoms with Crippen LogP contribution in [0.15, 0.2) is 30.6 Å². The summed E-state index contributed by atoms with van der Waals surface area (Å²) in [6.07, 6.45) is 4.59. The Bertz CT molecular complexity index is 885. The molecule has 4 rings (SSSR count). The van der Waals surface area contributed by atoms with E-state index >= 15 is 0 Å². The number of thiazole rings is 1. The second-order valence-corrected chi connectivity index (χ2v) is 6.97. The number of halogens is 3. The lowest BCUT2D eigenvalue weighted by molar-refractivity contribution is -0.126. The van der Waals surface area contributed by atoms with Gasteiger partial charge in [-0.3, -0.25) is 14.8 Å². The molecule has 3 heterocycles. The van der Waals surface area contributed by atoms with Crippen molar-refractivity contribution in [2.75, 3.05) is 18.4 Å². The molecule has 0 aliphatic carbocycles. The Labute approximate surface area is 158 Å². The molecular formula is C16H16ClF2N5OS. The van der Waals surface area contributed by atoms with Crippen LogP contribution >= 0.6 is 23.7 Å². The molecule has 1 fully saturated rings. The number of hydrogen-bond acceptors (Lipinski definition) is 5. The van der Waals surface area contributed by atoms with E-state index in [0.717, 1.165) is 23.5 Å². The Kier molecular flexibility index (Phi) is 5.22. The third kappa shape index (κ3) is 3.17. The predicted octanol–water partition coefficient (Wildman–Crippen LogP) is 2.91. The molecule has 10 heteroatoms. The van der Waals surface area contributed by atoms with Gasteiger partial charge in [0.2, 0.25) is 0 Å². The van der Waals surface area contributed by atoms with Crippen LogP contribution in [-0.4, -0.2) is 33.8 Å². The van der Waals surface area contributed by atoms with Gasteiger partial charge in [0.25, 0.3) is 5.91 Å². The number of nitrogens with one attached hydrogen (secondary N) is 2. The maximum Gasteiger partial charge on any atom is 0.254 e. The molecule has 1 saturated heterocycles. The van der Waals surface area contributed by atoms with E-state index < -0.39 is 17.2 Å². The summed E-state index contributed by atoms with van der Waals surface area (Å²) in [6, 6.07) is 3.90. The fourth-order valence-electron chi connectivity index (χ4n) is 3.11. The minimum absolute atomic E-state index is 0. The number of hydrogen-bond donors (Lipinski definition) is 2. The Hall–Kier alpha value is -2.10. The van der Waals surface area contributed by atoms with Crippen LogP contribution in [0.25, 0.3) is 10.2 Å². The summed E-state index contributed by atoms with van der Waals surface area (Å²) >= 11 is 1.11. The van der Waals surface area contributed by atoms with Gasteiger partial charge < -0.3 is 5.32 Å². The van der Waals surface area contributed by atoms with Gasteiger partial charge in [-0.2, -0.15) is 5.10 Å². The van der Waals surface area contributed by atoms with E-state index in [-0.39, 0.29) is 18.3 Å². The number of aromatic nitrogens is 3. The molecule has 3 aromatic rings. The molecule has 138 valence electrons. The van der Waals surface area contributed by atoms with Crippen LogP contribution in [0.1, 0.15) is 12.8 Å². The van der Waals surface area contributed by atoms with E-state index in [1.54, 1.807) is 23.1 Å². The zero-order valence-corrected chi connectivity index (χ0v) is 15.2. The topological polar surface area (TPSA) is 71.8 Å². The van der Waals surface area contributed by atoms with Crippen LogP contribution in [0.4, 0.5) is 13.9 Å². The Morgan fingerprint density at radius 3 is 2.69 bits per heavy atom. The summed E-state index contributed by atoms with van der Waals surface area (Å²) in [7, 11) is 0. The summed E-state index contributed by atoms with van der Waals surface area (Å²) in [5.41, 5.74) is -0.485. The maximum absolute atomic E-state index is 13.4. The number of rotatable bonds is 3. The molecule has 2 aromatic heterocycles. The number of piperidine rings is 1. The molecule has 1 aliphatic heterocycles. The predicted molar refractivity (Wildman–Crippen MR) is 97.7 cm³/mol. The normalized spacial score (nSPS) is 16.2. The van der Waals surface area contributed by atoms with Crippen molar-refractivity contribution in [2.45, 2.75) is 18.4 Å². The number of carbonyl (C=O) groups is 1. The van der Waals surface area contributed by atoms with E-state index in [1.165, 1.54) is 0 Å². The lowest BCUT2D eigenvalue weighted by Gasteiger charge is -2.36. The zero-order chi connectivity index (χ0) is 17.4. The molecule has 0 unspecified atom stereocenters. The molecule has 1 aromatic carbocycles. The number of fused-ring (bicyclic) bond motifs is 1. The van der Waals surface area contributed by atoms with Gasteiger partial charge in [-0.1, -0.05) is 11.3 Å². The van der Waals surface area contributed by atoms with Crippen LogP contribution in [-0.2, 0) is 10.3 Å². The molecule has 26 heavy (non-hydrogen) atoms. The highest BCUT2D eigenvalue weighted by Gasteiger charge is 2.42. The standard InChI is InChI=1S/C16H15F2N5OS.ClH/c17-10-8-12-13(9-11(10)18)25-15(21-12)22-14(24)16(2-5-19-6-3-16)23-7-1-4-20-23;/h1,4,7-9,19H,2-3,5-6H2,(H,21,22,24);1H. The van der Waals surface area contributed by atoms with E-state index in [4.69, 9.17) is 0 Å². The quantitative estimate of drug-likeness (QED) is 0.710. The van der Waals surface area contributed by atoms with Gasteiger partial charge in [-0.05, 0) is 38.1 Å². The van der Waals surface area contributed by atoms with E-state index in [2.05, 4.69) is 20.7 Å². The van der Waals surface area contributed by atoms with Gasteiger partial charge in [0, 0.05) is 18.5 Å². The lowest BCUT2D eigenvalue weighted by Crippen LogP contribution is -2.52. The molecular weight excluding hydrogens is 384 g/mol. The second-order valence-electron chi connectivity index (χ2n) is 5.94. The van der Waals surface area contributed by atoms with Gasteiger partial charge in [-0.25, -0.2) is 13.8 Å². The Morgan fingerprint density at radius 2 is 2.00 bits per heavy atom. The summed E-state index contributed by atoms with van der Waals surface area (Å²) in [6.45, 7) is 1.40. The van der Waals surface area contributed by atoms with Crippen molar-refractivity contribution in [1.29, 1.82) is 0 Å². The van der Waals surface area contributed by atoms with Gasteiger partial charge in [0.1, 0.15) is 5.54 Å². The van der Waals surface area contributed by atoms with Crippen LogP contribution in [0.5, 0.6) is 0 Å². The molecule has 1 aliphatic rings. The highest BCUT2D eigenvalue weighted by molar-refractivity contribution is 7.22. The van der Waals surface area contributed by atoms with Crippen molar-refractivity contribution >= 4 is 45.0 Å². The summed E-state index contributed by atoms with van der Waals surface area (Å²) in [5.74, 6) is -2.11. The SMILES string of the molecule is Cl.O=C(Nc1nc2cc(F)c(F)cc2s1)C1(n2cccn2)CCNCC1. The van der Waals surface area contributed by atoms with Crippen molar-refractivity contribution < 1.29 is 13.6 Å². The zero-order valence-electron chi connectivity index (χ0n) is 13.5. The summed E-state index contributed by atoms with van der Waals surface area (Å²) in [5, 5.41) is 10.6. The van der Waals surface area contributed by atoms with Crippen molar-refractivity contribution in [3.63, 3.8) is 0 Å². The average molecular weight is 400 g/mol. The number of carbonyl (C=O) groups excluding carboxylic acids is 1. The van der Waals surface area contributed by atoms with Crippen molar-refractivity contribution in [1.82, 2.24) is 20.1 Å². The largest absolute Gasteiger partial charge is 0.317 e. The first kappa shape index (κ1) is 18.7. The van der Waals surface area contributed by atoms with Crippen LogP contribution in [0.3, 0.4) is 0 Å². The van der Waals surface area contributed by atoms with E-state index in [1.807, 2.05) is 0 Å². The molecule has 0 atom stereocenters. The van der Waals surface area contributed by atoms with Gasteiger partial charge >= 0.3 is 0 Å². The minimum atomic E-state index is -0.956. The van der Waals surface area contributed by atoms with Gasteiger partial charge in [-0.15, -0.1) is 12.4 Å². The Morgan fingerprint density at radius 1 is 1.27 bits per heavy atom. The lowest BCUT2D eigenvalue weighted by atomic mass is 9.87. The molecule has 2 N–H and O–H groups in total. The fourth-order valence-corrected chi connectivity index (χ4v) is 3.98. The highest BCUT2D eigenvalue weighted by atomic mass is 35.5. The number of nitrogens with zero attached hydrogens (tertiary/aromatic N) is 3. The second kappa shape index (κ2) is 7.26. The van der Waals surface area contributed by atoms with E-state index in [9.17, 15) is 13.6 Å². The molecule has 6 nitrogen and oxygen atoms in total. The smallest absolute Gasteiger partial charge is 0.254 e. The van der Waals surface area contributed by atoms with Crippen LogP contribution in [0, 0.1) is 11.6 Å². The highest BCUT2D eigenvalue weighted by Crippen LogP contribution is 2.32. The van der Waals surface area contributed by atoms with Crippen LogP contribution < -0.4 is 10.6 Å². The van der Waals surface area contributed by atoms with Crippen molar-refractivity contribution in [2.24, 2.45) is 0 Å². The Balaban J connectivity index is 0.00000196. The first-order valence-electron chi connectivity index (χ1n) is 7.86. The van der Waals surface area contributed by atoms with Gasteiger partial charge in [0.05, 0.1) is 10.2 Å². The maximum atomic E-state index is 13.4. The van der Waals surface area contributed by atoms with E-state index in [0.29, 0.717) is 41.3 Å². The van der Waals surface area contributed by atoms with Crippen molar-refractivity contribution in [3.8, 4) is 0 Å². The fraction of sp³-hybridized carbons (Fsp3) is 0.312. The minimum Gasteiger partial charge on any atom is -0.317 e. The monoisotopic (exact) mass is 399 g/mol. The van der Waals surface area contributed by atoms with Crippen molar-refractivity contribution in [3.05, 3.63) is 42.2 Å². The first-order chi connectivity index (χ1) is 12.1. The first-order valence-corrected chi connectivity index (χ1v) is 8.68. The molecule has 0 spiro atoms. The third-order valence-corrected chi connectivity index (χ3v) is 5.38.